The standard InChI is InChI=1S/C8H8INO/c9-8(11)2-1-7-3-5-10-6-4-7/h3-6H,1-2H2. The Bertz CT molecular complexity index is 235. The summed E-state index contributed by atoms with van der Waals surface area (Å²) in [5.41, 5.74) is 1.17. The van der Waals surface area contributed by atoms with Crippen molar-refractivity contribution in [3.05, 3.63) is 30.1 Å². The molecule has 0 bridgehead atoms. The Balaban J connectivity index is 2.45. The molecule has 0 N–H and O–H groups in total. The zero-order valence-electron chi connectivity index (χ0n) is 5.96. The van der Waals surface area contributed by atoms with E-state index in [0.717, 1.165) is 6.42 Å². The molecule has 0 fully saturated rings. The van der Waals surface area contributed by atoms with E-state index < -0.39 is 0 Å². The fourth-order valence-corrected chi connectivity index (χ4v) is 1.06. The Morgan fingerprint density at radius 1 is 1.45 bits per heavy atom. The van der Waals surface area contributed by atoms with E-state index in [9.17, 15) is 4.79 Å². The minimum absolute atomic E-state index is 0.208. The number of rotatable bonds is 3. The highest BCUT2D eigenvalue weighted by Gasteiger charge is 1.95. The number of halogens is 1. The number of hydrogen-bond acceptors (Lipinski definition) is 2. The lowest BCUT2D eigenvalue weighted by molar-refractivity contribution is -0.109. The molecule has 1 aromatic rings. The number of hydrogen-bond donors (Lipinski definition) is 0. The highest BCUT2D eigenvalue weighted by Crippen LogP contribution is 2.03. The van der Waals surface area contributed by atoms with Gasteiger partial charge in [-0.15, -0.1) is 0 Å². The maximum absolute atomic E-state index is 10.6. The fourth-order valence-electron chi connectivity index (χ4n) is 0.792. The minimum atomic E-state index is 0.208. The van der Waals surface area contributed by atoms with Crippen LogP contribution in [0.1, 0.15) is 12.0 Å². The number of nitrogens with zero attached hydrogens (tertiary/aromatic N) is 1. The Labute approximate surface area is 79.2 Å². The van der Waals surface area contributed by atoms with Crippen molar-refractivity contribution in [1.82, 2.24) is 4.98 Å². The summed E-state index contributed by atoms with van der Waals surface area (Å²) in [6, 6.07) is 3.86. The second kappa shape index (κ2) is 4.43. The first-order valence-electron chi connectivity index (χ1n) is 3.36. The van der Waals surface area contributed by atoms with Crippen LogP contribution in [0, 0.1) is 0 Å². The molecular formula is C8H8INO. The van der Waals surface area contributed by atoms with Crippen molar-refractivity contribution in [2.45, 2.75) is 12.8 Å². The van der Waals surface area contributed by atoms with Gasteiger partial charge in [-0.05, 0) is 46.7 Å². The van der Waals surface area contributed by atoms with Gasteiger partial charge in [-0.25, -0.2) is 0 Å². The first-order valence-corrected chi connectivity index (χ1v) is 4.44. The van der Waals surface area contributed by atoms with Crippen LogP contribution in [0.2, 0.25) is 0 Å². The average molecular weight is 261 g/mol. The predicted octanol–water partition coefficient (Wildman–Crippen LogP) is 1.98. The topological polar surface area (TPSA) is 30.0 Å². The van der Waals surface area contributed by atoms with Crippen LogP contribution in [0.15, 0.2) is 24.5 Å². The van der Waals surface area contributed by atoms with E-state index in [1.807, 2.05) is 34.7 Å². The molecule has 3 heteroatoms. The Morgan fingerprint density at radius 3 is 2.64 bits per heavy atom. The molecule has 11 heavy (non-hydrogen) atoms. The molecule has 1 heterocycles. The van der Waals surface area contributed by atoms with Gasteiger partial charge < -0.3 is 0 Å². The van der Waals surface area contributed by atoms with Gasteiger partial charge in [0.15, 0.2) is 3.79 Å². The summed E-state index contributed by atoms with van der Waals surface area (Å²) in [6.45, 7) is 0. The SMILES string of the molecule is O=C(I)CCc1ccncc1. The summed E-state index contributed by atoms with van der Waals surface area (Å²) in [7, 11) is 0. The van der Waals surface area contributed by atoms with Crippen LogP contribution in [-0.4, -0.2) is 8.77 Å². The maximum Gasteiger partial charge on any atom is 0.192 e. The van der Waals surface area contributed by atoms with Gasteiger partial charge in [0.25, 0.3) is 0 Å². The van der Waals surface area contributed by atoms with Crippen LogP contribution in [0.4, 0.5) is 0 Å². The Morgan fingerprint density at radius 2 is 2.09 bits per heavy atom. The quantitative estimate of drug-likeness (QED) is 0.615. The molecule has 0 spiro atoms. The molecule has 58 valence electrons. The highest BCUT2D eigenvalue weighted by molar-refractivity contribution is 14.1. The van der Waals surface area contributed by atoms with E-state index >= 15 is 0 Å². The lowest BCUT2D eigenvalue weighted by Gasteiger charge is -1.95. The van der Waals surface area contributed by atoms with Crippen molar-refractivity contribution in [2.24, 2.45) is 0 Å². The molecule has 1 aromatic heterocycles. The van der Waals surface area contributed by atoms with Crippen molar-refractivity contribution in [3.8, 4) is 0 Å². The van der Waals surface area contributed by atoms with Gasteiger partial charge in [-0.3, -0.25) is 9.78 Å². The Kier molecular flexibility index (Phi) is 3.48. The molecule has 0 saturated carbocycles. The van der Waals surface area contributed by atoms with Crippen LogP contribution in [-0.2, 0) is 11.2 Å². The molecule has 0 aromatic carbocycles. The molecule has 0 aliphatic carbocycles. The van der Waals surface area contributed by atoms with Crippen molar-refractivity contribution in [1.29, 1.82) is 0 Å². The van der Waals surface area contributed by atoms with Crippen LogP contribution in [0.3, 0.4) is 0 Å². The summed E-state index contributed by atoms with van der Waals surface area (Å²) in [5, 5.41) is 0. The summed E-state index contributed by atoms with van der Waals surface area (Å²) in [5.74, 6) is 0. The first kappa shape index (κ1) is 8.64. The maximum atomic E-state index is 10.6. The normalized spacial score (nSPS) is 9.55. The summed E-state index contributed by atoms with van der Waals surface area (Å²) < 4.78 is 0.208. The van der Waals surface area contributed by atoms with E-state index in [1.165, 1.54) is 5.56 Å². The van der Waals surface area contributed by atoms with Gasteiger partial charge in [0.05, 0.1) is 0 Å². The summed E-state index contributed by atoms with van der Waals surface area (Å²) in [6.07, 6.45) is 4.93. The smallest absolute Gasteiger partial charge is 0.192 e. The molecule has 0 atom stereocenters. The van der Waals surface area contributed by atoms with Crippen LogP contribution < -0.4 is 0 Å². The molecule has 0 radical (unpaired) electrons. The van der Waals surface area contributed by atoms with E-state index in [2.05, 4.69) is 4.98 Å². The van der Waals surface area contributed by atoms with Crippen molar-refractivity contribution in [3.63, 3.8) is 0 Å². The predicted molar refractivity (Wildman–Crippen MR) is 51.6 cm³/mol. The van der Waals surface area contributed by atoms with E-state index in [0.29, 0.717) is 6.42 Å². The lowest BCUT2D eigenvalue weighted by atomic mass is 10.2. The van der Waals surface area contributed by atoms with Gasteiger partial charge in [0, 0.05) is 18.8 Å². The molecule has 0 saturated heterocycles. The monoisotopic (exact) mass is 261 g/mol. The minimum Gasteiger partial charge on any atom is -0.288 e. The van der Waals surface area contributed by atoms with Crippen LogP contribution in [0.25, 0.3) is 0 Å². The second-order valence-electron chi connectivity index (χ2n) is 2.21. The molecule has 0 aliphatic heterocycles. The van der Waals surface area contributed by atoms with Crippen molar-refractivity contribution in [2.75, 3.05) is 0 Å². The van der Waals surface area contributed by atoms with Gasteiger partial charge >= 0.3 is 0 Å². The zero-order valence-corrected chi connectivity index (χ0v) is 8.11. The highest BCUT2D eigenvalue weighted by atomic mass is 127. The van der Waals surface area contributed by atoms with E-state index in [4.69, 9.17) is 0 Å². The Hall–Kier alpha value is -0.450. The third-order valence-corrected chi connectivity index (χ3v) is 1.90. The lowest BCUT2D eigenvalue weighted by Crippen LogP contribution is -1.90. The van der Waals surface area contributed by atoms with Crippen molar-refractivity contribution >= 4 is 26.4 Å². The second-order valence-corrected chi connectivity index (χ2v) is 3.41. The van der Waals surface area contributed by atoms with Gasteiger partial charge in [-0.1, -0.05) is 0 Å². The third kappa shape index (κ3) is 3.46. The van der Waals surface area contributed by atoms with Gasteiger partial charge in [-0.2, -0.15) is 0 Å². The number of carbonyl (C=O) groups is 1. The molecule has 1 rings (SSSR count). The molecule has 2 nitrogen and oxygen atoms in total. The number of aromatic nitrogens is 1. The third-order valence-electron chi connectivity index (χ3n) is 1.36. The van der Waals surface area contributed by atoms with Crippen LogP contribution in [0.5, 0.6) is 0 Å². The zero-order chi connectivity index (χ0) is 8.10. The fraction of sp³-hybridized carbons (Fsp3) is 0.250. The number of carbonyl (C=O) groups excluding carboxylic acids is 1. The van der Waals surface area contributed by atoms with Crippen LogP contribution >= 0.6 is 22.6 Å². The molecule has 0 aliphatic rings. The molecule has 0 amide bonds. The largest absolute Gasteiger partial charge is 0.288 e. The summed E-state index contributed by atoms with van der Waals surface area (Å²) in [4.78, 5) is 14.5. The molecular weight excluding hydrogens is 253 g/mol. The number of pyridine rings is 1. The van der Waals surface area contributed by atoms with Crippen molar-refractivity contribution < 1.29 is 4.79 Å². The first-order chi connectivity index (χ1) is 5.29. The molecule has 0 unspecified atom stereocenters. The number of aryl methyl sites for hydroxylation is 1. The summed E-state index contributed by atoms with van der Waals surface area (Å²) >= 11 is 1.81. The van der Waals surface area contributed by atoms with E-state index in [1.54, 1.807) is 12.4 Å². The van der Waals surface area contributed by atoms with E-state index in [-0.39, 0.29) is 3.79 Å². The average Bonchev–Trinajstić information content (AvgIpc) is 2.03. The van der Waals surface area contributed by atoms with Gasteiger partial charge in [0.2, 0.25) is 0 Å². The van der Waals surface area contributed by atoms with Gasteiger partial charge in [0.1, 0.15) is 0 Å².